The van der Waals surface area contributed by atoms with Crippen molar-refractivity contribution in [3.8, 4) is 5.75 Å². The van der Waals surface area contributed by atoms with E-state index in [2.05, 4.69) is 0 Å². The summed E-state index contributed by atoms with van der Waals surface area (Å²) in [7, 11) is 1.57. The van der Waals surface area contributed by atoms with Gasteiger partial charge in [-0.15, -0.1) is 0 Å². The van der Waals surface area contributed by atoms with Gasteiger partial charge in [-0.1, -0.05) is 37.1 Å². The Kier molecular flexibility index (Phi) is 4.23. The number of rotatable bonds is 4. The summed E-state index contributed by atoms with van der Waals surface area (Å²) >= 11 is 6.05. The topological polar surface area (TPSA) is 29.5 Å². The summed E-state index contributed by atoms with van der Waals surface area (Å²) in [4.78, 5) is 0. The molecule has 1 aromatic rings. The molecule has 1 N–H and O–H groups in total. The summed E-state index contributed by atoms with van der Waals surface area (Å²) in [6.07, 6.45) is 1.14. The van der Waals surface area contributed by atoms with Crippen molar-refractivity contribution in [2.24, 2.45) is 0 Å². The van der Waals surface area contributed by atoms with Gasteiger partial charge in [-0.2, -0.15) is 0 Å². The summed E-state index contributed by atoms with van der Waals surface area (Å²) in [5.41, 5.74) is 0.743. The highest BCUT2D eigenvalue weighted by atomic mass is 35.5. The molecule has 0 amide bonds. The number of hydrogen-bond donors (Lipinski definition) is 1. The third kappa shape index (κ3) is 2.40. The summed E-state index contributed by atoms with van der Waals surface area (Å²) in [5.74, 6) is 0.610. The molecule has 1 unspecified atom stereocenters. The third-order valence-electron chi connectivity index (χ3n) is 2.13. The maximum Gasteiger partial charge on any atom is 0.137 e. The minimum Gasteiger partial charge on any atom is -0.495 e. The van der Waals surface area contributed by atoms with Gasteiger partial charge in [-0.3, -0.25) is 0 Å². The second-order valence-corrected chi connectivity index (χ2v) is 3.55. The smallest absolute Gasteiger partial charge is 0.137 e. The van der Waals surface area contributed by atoms with Crippen LogP contribution in [0.1, 0.15) is 31.4 Å². The molecule has 0 saturated heterocycles. The lowest BCUT2D eigenvalue weighted by Gasteiger charge is -2.13. The van der Waals surface area contributed by atoms with Gasteiger partial charge in [0, 0.05) is 5.56 Å². The summed E-state index contributed by atoms with van der Waals surface area (Å²) in [5, 5.41) is 10.3. The fourth-order valence-corrected chi connectivity index (χ4v) is 1.70. The molecule has 0 fully saturated rings. The molecule has 2 nitrogen and oxygen atoms in total. The lowest BCUT2D eigenvalue weighted by atomic mass is 10.1. The van der Waals surface area contributed by atoms with Crippen LogP contribution in [0.25, 0.3) is 0 Å². The van der Waals surface area contributed by atoms with Gasteiger partial charge in [-0.25, -0.2) is 0 Å². The maximum atomic E-state index is 9.78. The largest absolute Gasteiger partial charge is 0.495 e. The molecule has 0 aliphatic rings. The van der Waals surface area contributed by atoms with E-state index in [1.165, 1.54) is 0 Å². The van der Waals surface area contributed by atoms with E-state index < -0.39 is 6.10 Å². The molecule has 0 aromatic heterocycles. The second-order valence-electron chi connectivity index (χ2n) is 3.17. The third-order valence-corrected chi connectivity index (χ3v) is 2.54. The molecule has 0 bridgehead atoms. The molecule has 1 rings (SSSR count). The van der Waals surface area contributed by atoms with Crippen molar-refractivity contribution >= 4 is 11.6 Å². The number of ether oxygens (including phenoxy) is 1. The Labute approximate surface area is 89.5 Å². The molecule has 0 saturated carbocycles. The Morgan fingerprint density at radius 3 is 2.79 bits per heavy atom. The van der Waals surface area contributed by atoms with E-state index in [1.54, 1.807) is 13.2 Å². The van der Waals surface area contributed by atoms with Crippen molar-refractivity contribution in [2.45, 2.75) is 25.9 Å². The average molecular weight is 215 g/mol. The predicted octanol–water partition coefficient (Wildman–Crippen LogP) is 3.18. The number of aliphatic hydroxyl groups is 1. The van der Waals surface area contributed by atoms with Crippen molar-refractivity contribution in [2.75, 3.05) is 7.11 Å². The minimum atomic E-state index is -0.498. The van der Waals surface area contributed by atoms with Crippen LogP contribution in [0.3, 0.4) is 0 Å². The number of hydrogen-bond acceptors (Lipinski definition) is 2. The van der Waals surface area contributed by atoms with Crippen molar-refractivity contribution < 1.29 is 9.84 Å². The molecule has 0 aliphatic carbocycles. The SMILES string of the molecule is CCCC(O)c1cccc(OC)c1Cl. The molecular weight excluding hydrogens is 200 g/mol. The van der Waals surface area contributed by atoms with Crippen LogP contribution in [-0.4, -0.2) is 12.2 Å². The molecule has 1 aromatic carbocycles. The second kappa shape index (κ2) is 5.23. The summed E-state index contributed by atoms with van der Waals surface area (Å²) in [6, 6.07) is 5.44. The number of benzene rings is 1. The van der Waals surface area contributed by atoms with Crippen LogP contribution >= 0.6 is 11.6 Å². The number of methoxy groups -OCH3 is 1. The van der Waals surface area contributed by atoms with Gasteiger partial charge in [0.2, 0.25) is 0 Å². The summed E-state index contributed by atoms with van der Waals surface area (Å²) < 4.78 is 5.07. The first-order chi connectivity index (χ1) is 6.70. The van der Waals surface area contributed by atoms with Gasteiger partial charge in [0.15, 0.2) is 0 Å². The lowest BCUT2D eigenvalue weighted by molar-refractivity contribution is 0.166. The van der Waals surface area contributed by atoms with Crippen LogP contribution < -0.4 is 4.74 Å². The molecular formula is C11H15ClO2. The zero-order chi connectivity index (χ0) is 10.6. The van der Waals surface area contributed by atoms with Crippen molar-refractivity contribution in [1.82, 2.24) is 0 Å². The Morgan fingerprint density at radius 2 is 2.21 bits per heavy atom. The quantitative estimate of drug-likeness (QED) is 0.834. The van der Waals surface area contributed by atoms with Crippen molar-refractivity contribution in [3.63, 3.8) is 0 Å². The predicted molar refractivity (Wildman–Crippen MR) is 57.9 cm³/mol. The van der Waals surface area contributed by atoms with Gasteiger partial charge < -0.3 is 9.84 Å². The van der Waals surface area contributed by atoms with Gasteiger partial charge in [0.25, 0.3) is 0 Å². The van der Waals surface area contributed by atoms with E-state index in [0.29, 0.717) is 17.2 Å². The highest BCUT2D eigenvalue weighted by Gasteiger charge is 2.13. The van der Waals surface area contributed by atoms with Crippen LogP contribution in [-0.2, 0) is 0 Å². The van der Waals surface area contributed by atoms with E-state index in [9.17, 15) is 5.11 Å². The Balaban J connectivity index is 2.96. The number of aliphatic hydroxyl groups excluding tert-OH is 1. The van der Waals surface area contributed by atoms with Gasteiger partial charge >= 0.3 is 0 Å². The molecule has 14 heavy (non-hydrogen) atoms. The zero-order valence-corrected chi connectivity index (χ0v) is 9.21. The lowest BCUT2D eigenvalue weighted by Crippen LogP contribution is -1.98. The van der Waals surface area contributed by atoms with Crippen LogP contribution in [0.4, 0.5) is 0 Å². The Morgan fingerprint density at radius 1 is 1.50 bits per heavy atom. The monoisotopic (exact) mass is 214 g/mol. The molecule has 0 spiro atoms. The molecule has 3 heteroatoms. The van der Waals surface area contributed by atoms with Crippen molar-refractivity contribution in [3.05, 3.63) is 28.8 Å². The molecule has 0 radical (unpaired) electrons. The van der Waals surface area contributed by atoms with Crippen molar-refractivity contribution in [1.29, 1.82) is 0 Å². The molecule has 0 aliphatic heterocycles. The van der Waals surface area contributed by atoms with E-state index in [-0.39, 0.29) is 0 Å². The van der Waals surface area contributed by atoms with E-state index in [4.69, 9.17) is 16.3 Å². The fraction of sp³-hybridized carbons (Fsp3) is 0.455. The average Bonchev–Trinajstić information content (AvgIpc) is 2.18. The Hall–Kier alpha value is -0.730. The zero-order valence-electron chi connectivity index (χ0n) is 8.46. The first kappa shape index (κ1) is 11.3. The Bertz CT molecular complexity index is 299. The highest BCUT2D eigenvalue weighted by molar-refractivity contribution is 6.32. The molecule has 78 valence electrons. The highest BCUT2D eigenvalue weighted by Crippen LogP contribution is 2.33. The van der Waals surface area contributed by atoms with Crippen LogP contribution in [0.2, 0.25) is 5.02 Å². The first-order valence-electron chi connectivity index (χ1n) is 4.71. The fourth-order valence-electron chi connectivity index (χ4n) is 1.37. The van der Waals surface area contributed by atoms with E-state index in [1.807, 2.05) is 19.1 Å². The van der Waals surface area contributed by atoms with Crippen LogP contribution in [0.15, 0.2) is 18.2 Å². The maximum absolute atomic E-state index is 9.78. The molecule has 0 heterocycles. The first-order valence-corrected chi connectivity index (χ1v) is 5.09. The van der Waals surface area contributed by atoms with Crippen LogP contribution in [0.5, 0.6) is 5.75 Å². The van der Waals surface area contributed by atoms with Gasteiger partial charge in [0.1, 0.15) is 5.75 Å². The summed E-state index contributed by atoms with van der Waals surface area (Å²) in [6.45, 7) is 2.03. The normalized spacial score (nSPS) is 12.6. The molecule has 1 atom stereocenters. The number of halogens is 1. The van der Waals surface area contributed by atoms with E-state index >= 15 is 0 Å². The van der Waals surface area contributed by atoms with Crippen LogP contribution in [0, 0.1) is 0 Å². The van der Waals surface area contributed by atoms with E-state index in [0.717, 1.165) is 12.0 Å². The standard InChI is InChI=1S/C11H15ClO2/c1-3-5-9(13)8-6-4-7-10(14-2)11(8)12/h4,6-7,9,13H,3,5H2,1-2H3. The van der Waals surface area contributed by atoms with Gasteiger partial charge in [-0.05, 0) is 12.5 Å². The minimum absolute atomic E-state index is 0.498. The van der Waals surface area contributed by atoms with Gasteiger partial charge in [0.05, 0.1) is 18.2 Å².